The average Bonchev–Trinajstić information content (AvgIpc) is 3.00. The Kier molecular flexibility index (Phi) is 10.3. The molecule has 9 nitrogen and oxygen atoms in total. The van der Waals surface area contributed by atoms with E-state index >= 15 is 0 Å². The SMILES string of the molecule is Cc1c(COc2cc(OCC3CCCN(C)C3)c(CNC(CO)C(=O)O)cc2Cl)cccc1-c1ccc2c(c1)OCCO2. The summed E-state index contributed by atoms with van der Waals surface area (Å²) in [6.07, 6.45) is 2.20. The summed E-state index contributed by atoms with van der Waals surface area (Å²) in [7, 11) is 2.11. The van der Waals surface area contributed by atoms with Crippen molar-refractivity contribution in [1.82, 2.24) is 10.2 Å². The Morgan fingerprint density at radius 1 is 1.09 bits per heavy atom. The van der Waals surface area contributed by atoms with E-state index in [0.29, 0.717) is 54.4 Å². The molecule has 2 atom stereocenters. The Bertz CT molecular complexity index is 1430. The third-order valence-corrected chi connectivity index (χ3v) is 8.31. The van der Waals surface area contributed by atoms with E-state index in [1.165, 1.54) is 0 Å². The van der Waals surface area contributed by atoms with Crippen molar-refractivity contribution >= 4 is 17.6 Å². The third-order valence-electron chi connectivity index (χ3n) is 8.01. The predicted molar refractivity (Wildman–Crippen MR) is 164 cm³/mol. The Morgan fingerprint density at radius 2 is 1.91 bits per heavy atom. The van der Waals surface area contributed by atoms with E-state index in [-0.39, 0.29) is 6.54 Å². The molecular formula is C33H39ClN2O7. The third kappa shape index (κ3) is 7.72. The molecule has 2 aliphatic heterocycles. The molecule has 5 rings (SSSR count). The molecule has 3 N–H and O–H groups in total. The molecule has 2 aliphatic rings. The number of piperidine rings is 1. The number of rotatable bonds is 12. The van der Waals surface area contributed by atoms with Gasteiger partial charge in [0.15, 0.2) is 11.5 Å². The Balaban J connectivity index is 1.34. The van der Waals surface area contributed by atoms with Crippen molar-refractivity contribution in [2.45, 2.75) is 39.0 Å². The van der Waals surface area contributed by atoms with Crippen LogP contribution >= 0.6 is 11.6 Å². The van der Waals surface area contributed by atoms with Crippen molar-refractivity contribution in [3.05, 3.63) is 70.2 Å². The van der Waals surface area contributed by atoms with Crippen LogP contribution in [-0.2, 0) is 17.9 Å². The van der Waals surface area contributed by atoms with Crippen molar-refractivity contribution in [2.24, 2.45) is 5.92 Å². The van der Waals surface area contributed by atoms with Crippen LogP contribution in [0.4, 0.5) is 0 Å². The minimum atomic E-state index is -1.13. The van der Waals surface area contributed by atoms with Gasteiger partial charge in [-0.05, 0) is 73.8 Å². The predicted octanol–water partition coefficient (Wildman–Crippen LogP) is 4.92. The highest BCUT2D eigenvalue weighted by molar-refractivity contribution is 6.32. The number of benzene rings is 3. The van der Waals surface area contributed by atoms with Crippen LogP contribution in [0, 0.1) is 12.8 Å². The lowest BCUT2D eigenvalue weighted by atomic mass is 9.96. The molecule has 0 aliphatic carbocycles. The van der Waals surface area contributed by atoms with Crippen LogP contribution in [0.15, 0.2) is 48.5 Å². The molecule has 3 aromatic carbocycles. The molecule has 2 heterocycles. The second kappa shape index (κ2) is 14.3. The van der Waals surface area contributed by atoms with Gasteiger partial charge in [0.05, 0.1) is 18.2 Å². The summed E-state index contributed by atoms with van der Waals surface area (Å²) < 4.78 is 24.0. The first kappa shape index (κ1) is 30.9. The van der Waals surface area contributed by atoms with Crippen molar-refractivity contribution in [1.29, 1.82) is 0 Å². The molecule has 2 unspecified atom stereocenters. The first-order valence-corrected chi connectivity index (χ1v) is 15.0. The van der Waals surface area contributed by atoms with Crippen LogP contribution in [-0.4, -0.2) is 73.7 Å². The lowest BCUT2D eigenvalue weighted by Gasteiger charge is -2.29. The summed E-state index contributed by atoms with van der Waals surface area (Å²) in [5.41, 5.74) is 4.89. The molecule has 3 aromatic rings. The summed E-state index contributed by atoms with van der Waals surface area (Å²) >= 11 is 6.68. The molecular weight excluding hydrogens is 572 g/mol. The van der Waals surface area contributed by atoms with Gasteiger partial charge < -0.3 is 34.1 Å². The minimum absolute atomic E-state index is 0.161. The van der Waals surface area contributed by atoms with E-state index in [1.807, 2.05) is 30.3 Å². The smallest absolute Gasteiger partial charge is 0.323 e. The number of halogens is 1. The van der Waals surface area contributed by atoms with E-state index in [0.717, 1.165) is 59.7 Å². The molecule has 1 fully saturated rings. The quantitative estimate of drug-likeness (QED) is 0.263. The molecule has 0 spiro atoms. The summed E-state index contributed by atoms with van der Waals surface area (Å²) in [5.74, 6) is 1.80. The van der Waals surface area contributed by atoms with Gasteiger partial charge in [0.1, 0.15) is 37.4 Å². The normalized spacial score (nSPS) is 17.3. The number of carboxylic acids is 1. The summed E-state index contributed by atoms with van der Waals surface area (Å²) in [6.45, 7) is 5.63. The van der Waals surface area contributed by atoms with Gasteiger partial charge >= 0.3 is 5.97 Å². The number of hydrogen-bond donors (Lipinski definition) is 3. The molecule has 10 heteroatoms. The van der Waals surface area contributed by atoms with Crippen LogP contribution in [0.1, 0.15) is 29.5 Å². The second-order valence-electron chi connectivity index (χ2n) is 11.2. The number of nitrogens with zero attached hydrogens (tertiary/aromatic N) is 1. The Hall–Kier alpha value is -3.50. The molecule has 0 aromatic heterocycles. The Labute approximate surface area is 257 Å². The maximum Gasteiger partial charge on any atom is 0.323 e. The highest BCUT2D eigenvalue weighted by atomic mass is 35.5. The maximum absolute atomic E-state index is 11.4. The van der Waals surface area contributed by atoms with E-state index in [9.17, 15) is 15.0 Å². The zero-order chi connectivity index (χ0) is 30.3. The van der Waals surface area contributed by atoms with E-state index in [4.69, 9.17) is 30.5 Å². The van der Waals surface area contributed by atoms with Gasteiger partial charge in [-0.15, -0.1) is 0 Å². The van der Waals surface area contributed by atoms with Gasteiger partial charge in [-0.3, -0.25) is 10.1 Å². The number of hydrogen-bond acceptors (Lipinski definition) is 8. The maximum atomic E-state index is 11.4. The standard InChI is InChI=1S/C33H39ClN2O7/c1-21-24(6-3-7-26(21)23-8-9-29-32(14-23)41-12-11-40-29)20-43-31-15-30(42-19-22-5-4-10-36(2)17-22)25(13-27(31)34)16-35-28(18-37)33(38)39/h3,6-9,13-15,22,28,35,37H,4-5,10-12,16-20H2,1-2H3,(H,38,39). The molecule has 1 saturated heterocycles. The van der Waals surface area contributed by atoms with Crippen LogP contribution in [0.5, 0.6) is 23.0 Å². The number of aliphatic hydroxyl groups excluding tert-OH is 1. The fraction of sp³-hybridized carbons (Fsp3) is 0.424. The number of aliphatic hydroxyl groups is 1. The lowest BCUT2D eigenvalue weighted by Crippen LogP contribution is -2.39. The number of ether oxygens (including phenoxy) is 4. The van der Waals surface area contributed by atoms with Crippen molar-refractivity contribution < 1.29 is 34.0 Å². The molecule has 230 valence electrons. The van der Waals surface area contributed by atoms with Crippen LogP contribution in [0.2, 0.25) is 5.02 Å². The summed E-state index contributed by atoms with van der Waals surface area (Å²) in [6, 6.07) is 14.5. The van der Waals surface area contributed by atoms with E-state index in [2.05, 4.69) is 30.3 Å². The van der Waals surface area contributed by atoms with Gasteiger partial charge in [0.25, 0.3) is 0 Å². The highest BCUT2D eigenvalue weighted by Gasteiger charge is 2.21. The fourth-order valence-electron chi connectivity index (χ4n) is 5.56. The molecule has 0 amide bonds. The van der Waals surface area contributed by atoms with Gasteiger partial charge in [-0.25, -0.2) is 0 Å². The largest absolute Gasteiger partial charge is 0.493 e. The summed E-state index contributed by atoms with van der Waals surface area (Å²) in [4.78, 5) is 13.7. The number of carbonyl (C=O) groups is 1. The zero-order valence-electron chi connectivity index (χ0n) is 24.6. The van der Waals surface area contributed by atoms with Gasteiger partial charge in [-0.1, -0.05) is 35.9 Å². The first-order valence-electron chi connectivity index (χ1n) is 14.6. The highest BCUT2D eigenvalue weighted by Crippen LogP contribution is 2.37. The number of likely N-dealkylation sites (tertiary alicyclic amines) is 1. The first-order chi connectivity index (χ1) is 20.8. The number of fused-ring (bicyclic) bond motifs is 1. The number of carboxylic acid groups (broad SMARTS) is 1. The van der Waals surface area contributed by atoms with Crippen molar-refractivity contribution in [2.75, 3.05) is 46.6 Å². The van der Waals surface area contributed by atoms with Crippen LogP contribution < -0.4 is 24.3 Å². The van der Waals surface area contributed by atoms with Gasteiger partial charge in [0, 0.05) is 30.6 Å². The van der Waals surface area contributed by atoms with Gasteiger partial charge in [-0.2, -0.15) is 0 Å². The van der Waals surface area contributed by atoms with Crippen LogP contribution in [0.25, 0.3) is 11.1 Å². The zero-order valence-corrected chi connectivity index (χ0v) is 25.4. The molecule has 43 heavy (non-hydrogen) atoms. The fourth-order valence-corrected chi connectivity index (χ4v) is 5.80. The lowest BCUT2D eigenvalue weighted by molar-refractivity contribution is -0.140. The van der Waals surface area contributed by atoms with Crippen LogP contribution in [0.3, 0.4) is 0 Å². The van der Waals surface area contributed by atoms with E-state index < -0.39 is 18.6 Å². The number of aliphatic carboxylic acids is 1. The minimum Gasteiger partial charge on any atom is -0.493 e. The average molecular weight is 611 g/mol. The summed E-state index contributed by atoms with van der Waals surface area (Å²) in [5, 5.41) is 22.1. The topological polar surface area (TPSA) is 110 Å². The monoisotopic (exact) mass is 610 g/mol. The number of nitrogens with one attached hydrogen (secondary N) is 1. The Morgan fingerprint density at radius 3 is 2.67 bits per heavy atom. The molecule has 0 bridgehead atoms. The molecule has 0 saturated carbocycles. The molecule has 0 radical (unpaired) electrons. The van der Waals surface area contributed by atoms with Crippen molar-refractivity contribution in [3.63, 3.8) is 0 Å². The van der Waals surface area contributed by atoms with E-state index in [1.54, 1.807) is 12.1 Å². The van der Waals surface area contributed by atoms with Crippen molar-refractivity contribution in [3.8, 4) is 34.1 Å². The second-order valence-corrected chi connectivity index (χ2v) is 11.6. The van der Waals surface area contributed by atoms with Gasteiger partial charge in [0.2, 0.25) is 0 Å².